The molecule has 0 fully saturated rings. The molecule has 0 aromatic heterocycles. The third kappa shape index (κ3) is 1.65. The van der Waals surface area contributed by atoms with Gasteiger partial charge in [-0.25, -0.2) is 0 Å². The average Bonchev–Trinajstić information content (AvgIpc) is 2.22. The van der Waals surface area contributed by atoms with Crippen molar-refractivity contribution in [3.63, 3.8) is 0 Å². The number of hydrogen-bond donors (Lipinski definition) is 2. The zero-order chi connectivity index (χ0) is 11.7. The summed E-state index contributed by atoms with van der Waals surface area (Å²) in [5.41, 5.74) is 0. The van der Waals surface area contributed by atoms with Gasteiger partial charge in [0.05, 0.1) is 5.39 Å². The molecule has 2 N–H and O–H groups in total. The normalized spacial score (nSPS) is 10.3. The topological polar surface area (TPSA) is 66.8 Å². The van der Waals surface area contributed by atoms with E-state index in [0.29, 0.717) is 11.1 Å². The number of phenols is 2. The number of benzene rings is 2. The molecule has 0 amide bonds. The van der Waals surface area contributed by atoms with Crippen LogP contribution in [0.2, 0.25) is 0 Å². The quantitative estimate of drug-likeness (QED) is 0.568. The minimum atomic E-state index is -0.449. The predicted molar refractivity (Wildman–Crippen MR) is 58.6 cm³/mol. The van der Waals surface area contributed by atoms with Gasteiger partial charge >= 0.3 is 5.97 Å². The molecule has 0 heterocycles. The summed E-state index contributed by atoms with van der Waals surface area (Å²) in [5, 5.41) is 20.0. The SMILES string of the molecule is CC(=O)Oc1ccc(O)c2c(O)cccc12. The lowest BCUT2D eigenvalue weighted by molar-refractivity contribution is -0.131. The van der Waals surface area contributed by atoms with Crippen LogP contribution in [0, 0.1) is 0 Å². The van der Waals surface area contributed by atoms with Crippen LogP contribution in [-0.2, 0) is 4.79 Å². The molecule has 0 saturated heterocycles. The fourth-order valence-electron chi connectivity index (χ4n) is 1.59. The Labute approximate surface area is 91.7 Å². The molecule has 4 heteroatoms. The fourth-order valence-corrected chi connectivity index (χ4v) is 1.59. The van der Waals surface area contributed by atoms with Crippen LogP contribution < -0.4 is 4.74 Å². The number of carbonyl (C=O) groups excluding carboxylic acids is 1. The Hall–Kier alpha value is -2.23. The third-order valence-corrected chi connectivity index (χ3v) is 2.21. The lowest BCUT2D eigenvalue weighted by atomic mass is 10.1. The van der Waals surface area contributed by atoms with Crippen molar-refractivity contribution in [1.29, 1.82) is 0 Å². The summed E-state index contributed by atoms with van der Waals surface area (Å²) in [7, 11) is 0. The van der Waals surface area contributed by atoms with Crippen molar-refractivity contribution in [3.05, 3.63) is 30.3 Å². The van der Waals surface area contributed by atoms with Gasteiger partial charge in [-0.1, -0.05) is 12.1 Å². The maximum atomic E-state index is 10.9. The number of carbonyl (C=O) groups is 1. The van der Waals surface area contributed by atoms with Crippen LogP contribution >= 0.6 is 0 Å². The molecular formula is C12H10O4. The van der Waals surface area contributed by atoms with Gasteiger partial charge in [0.15, 0.2) is 0 Å². The van der Waals surface area contributed by atoms with E-state index >= 15 is 0 Å². The van der Waals surface area contributed by atoms with E-state index in [1.165, 1.54) is 25.1 Å². The van der Waals surface area contributed by atoms with Crippen molar-refractivity contribution < 1.29 is 19.7 Å². The van der Waals surface area contributed by atoms with Gasteiger partial charge in [0.2, 0.25) is 0 Å². The lowest BCUT2D eigenvalue weighted by Crippen LogP contribution is -2.01. The molecule has 2 aromatic rings. The van der Waals surface area contributed by atoms with E-state index in [1.807, 2.05) is 0 Å². The van der Waals surface area contributed by atoms with Gasteiger partial charge in [0, 0.05) is 12.3 Å². The Morgan fingerprint density at radius 1 is 1.12 bits per heavy atom. The summed E-state index contributed by atoms with van der Waals surface area (Å²) >= 11 is 0. The Morgan fingerprint density at radius 2 is 1.81 bits per heavy atom. The van der Waals surface area contributed by atoms with Crippen LogP contribution in [0.1, 0.15) is 6.92 Å². The standard InChI is InChI=1S/C12H10O4/c1-7(13)16-11-6-5-10(15)12-8(11)3-2-4-9(12)14/h2-6,14-15H,1H3. The highest BCUT2D eigenvalue weighted by Crippen LogP contribution is 2.37. The van der Waals surface area contributed by atoms with Crippen molar-refractivity contribution in [2.45, 2.75) is 6.92 Å². The van der Waals surface area contributed by atoms with Crippen LogP contribution in [0.4, 0.5) is 0 Å². The highest BCUT2D eigenvalue weighted by atomic mass is 16.5. The second kappa shape index (κ2) is 3.73. The second-order valence-corrected chi connectivity index (χ2v) is 3.38. The fraction of sp³-hybridized carbons (Fsp3) is 0.0833. The predicted octanol–water partition coefficient (Wildman–Crippen LogP) is 2.18. The number of rotatable bonds is 1. The Kier molecular flexibility index (Phi) is 2.40. The van der Waals surface area contributed by atoms with Crippen LogP contribution in [-0.4, -0.2) is 16.2 Å². The molecule has 0 radical (unpaired) electrons. The summed E-state index contributed by atoms with van der Waals surface area (Å²) in [4.78, 5) is 10.9. The van der Waals surface area contributed by atoms with Crippen LogP contribution in [0.25, 0.3) is 10.8 Å². The monoisotopic (exact) mass is 218 g/mol. The van der Waals surface area contributed by atoms with Crippen molar-refractivity contribution in [2.75, 3.05) is 0 Å². The lowest BCUT2D eigenvalue weighted by Gasteiger charge is -2.08. The minimum Gasteiger partial charge on any atom is -0.507 e. The molecule has 2 aromatic carbocycles. The summed E-state index contributed by atoms with van der Waals surface area (Å²) < 4.78 is 4.98. The van der Waals surface area contributed by atoms with Crippen LogP contribution in [0.15, 0.2) is 30.3 Å². The molecule has 0 atom stereocenters. The van der Waals surface area contributed by atoms with Crippen molar-refractivity contribution in [1.82, 2.24) is 0 Å². The number of esters is 1. The summed E-state index contributed by atoms with van der Waals surface area (Å²) in [6.45, 7) is 1.29. The highest BCUT2D eigenvalue weighted by Gasteiger charge is 2.10. The average molecular weight is 218 g/mol. The van der Waals surface area contributed by atoms with E-state index in [-0.39, 0.29) is 16.9 Å². The van der Waals surface area contributed by atoms with Crippen LogP contribution in [0.5, 0.6) is 17.2 Å². The smallest absolute Gasteiger partial charge is 0.308 e. The third-order valence-electron chi connectivity index (χ3n) is 2.21. The van der Waals surface area contributed by atoms with Crippen molar-refractivity contribution in [3.8, 4) is 17.2 Å². The molecule has 0 aliphatic carbocycles. The first-order chi connectivity index (χ1) is 7.59. The van der Waals surface area contributed by atoms with E-state index in [2.05, 4.69) is 0 Å². The van der Waals surface area contributed by atoms with E-state index in [1.54, 1.807) is 12.1 Å². The maximum Gasteiger partial charge on any atom is 0.308 e. The van der Waals surface area contributed by atoms with E-state index in [4.69, 9.17) is 4.74 Å². The Morgan fingerprint density at radius 3 is 2.50 bits per heavy atom. The molecule has 0 saturated carbocycles. The summed E-state index contributed by atoms with van der Waals surface area (Å²) in [6.07, 6.45) is 0. The number of fused-ring (bicyclic) bond motifs is 1. The first-order valence-electron chi connectivity index (χ1n) is 4.71. The number of phenolic OH excluding ortho intramolecular Hbond substituents is 2. The molecule has 0 bridgehead atoms. The first kappa shape index (κ1) is 10.3. The largest absolute Gasteiger partial charge is 0.507 e. The zero-order valence-corrected chi connectivity index (χ0v) is 8.60. The van der Waals surface area contributed by atoms with Gasteiger partial charge < -0.3 is 14.9 Å². The van der Waals surface area contributed by atoms with Crippen molar-refractivity contribution >= 4 is 16.7 Å². The van der Waals surface area contributed by atoms with Crippen molar-refractivity contribution in [2.24, 2.45) is 0 Å². The molecule has 82 valence electrons. The van der Waals surface area contributed by atoms with Gasteiger partial charge in [-0.2, -0.15) is 0 Å². The van der Waals surface area contributed by atoms with E-state index in [0.717, 1.165) is 0 Å². The molecule has 0 aliphatic heterocycles. The molecule has 4 nitrogen and oxygen atoms in total. The highest BCUT2D eigenvalue weighted by molar-refractivity contribution is 5.98. The molecule has 16 heavy (non-hydrogen) atoms. The van der Waals surface area contributed by atoms with Gasteiger partial charge in [-0.15, -0.1) is 0 Å². The zero-order valence-electron chi connectivity index (χ0n) is 8.60. The van der Waals surface area contributed by atoms with Crippen LogP contribution in [0.3, 0.4) is 0 Å². The molecule has 0 aliphatic rings. The van der Waals surface area contributed by atoms with E-state index < -0.39 is 5.97 Å². The number of aromatic hydroxyl groups is 2. The van der Waals surface area contributed by atoms with E-state index in [9.17, 15) is 15.0 Å². The number of ether oxygens (including phenoxy) is 1. The Balaban J connectivity index is 2.74. The summed E-state index contributed by atoms with van der Waals surface area (Å²) in [5.74, 6) is -0.237. The van der Waals surface area contributed by atoms with Gasteiger partial charge in [0.1, 0.15) is 17.2 Å². The second-order valence-electron chi connectivity index (χ2n) is 3.38. The summed E-state index contributed by atoms with van der Waals surface area (Å²) in [6, 6.07) is 7.59. The molecular weight excluding hydrogens is 208 g/mol. The molecule has 2 rings (SSSR count). The maximum absolute atomic E-state index is 10.9. The molecule has 0 spiro atoms. The van der Waals surface area contributed by atoms with Gasteiger partial charge in [-0.3, -0.25) is 4.79 Å². The number of hydrogen-bond acceptors (Lipinski definition) is 4. The van der Waals surface area contributed by atoms with Gasteiger partial charge in [0.25, 0.3) is 0 Å². The minimum absolute atomic E-state index is 0.0518. The molecule has 0 unspecified atom stereocenters. The Bertz CT molecular complexity index is 552. The van der Waals surface area contributed by atoms with Gasteiger partial charge in [-0.05, 0) is 18.2 Å². The first-order valence-corrected chi connectivity index (χ1v) is 4.71.